The lowest BCUT2D eigenvalue weighted by Crippen LogP contribution is -2.10. The third kappa shape index (κ3) is 3.01. The van der Waals surface area contributed by atoms with E-state index in [9.17, 15) is 4.79 Å². The summed E-state index contributed by atoms with van der Waals surface area (Å²) in [4.78, 5) is 18.9. The number of aromatic nitrogens is 2. The third-order valence-corrected chi connectivity index (χ3v) is 2.83. The van der Waals surface area contributed by atoms with Crippen LogP contribution in [0.25, 0.3) is 0 Å². The third-order valence-electron chi connectivity index (χ3n) is 2.19. The lowest BCUT2D eigenvalue weighted by atomic mass is 10.2. The molecule has 2 heterocycles. The molecule has 2 N–H and O–H groups in total. The molecule has 0 amide bonds. The van der Waals surface area contributed by atoms with Crippen molar-refractivity contribution in [2.24, 2.45) is 0 Å². The van der Waals surface area contributed by atoms with Crippen LogP contribution in [0.15, 0.2) is 29.2 Å². The van der Waals surface area contributed by atoms with Gasteiger partial charge in [-0.1, -0.05) is 0 Å². The highest BCUT2D eigenvalue weighted by Crippen LogP contribution is 2.12. The van der Waals surface area contributed by atoms with E-state index in [4.69, 9.17) is 5.11 Å². The molecule has 0 aliphatic carbocycles. The van der Waals surface area contributed by atoms with E-state index in [-0.39, 0.29) is 5.69 Å². The highest BCUT2D eigenvalue weighted by molar-refractivity contribution is 7.07. The Morgan fingerprint density at radius 2 is 2.35 bits per heavy atom. The lowest BCUT2D eigenvalue weighted by molar-refractivity contribution is 0.0691. The van der Waals surface area contributed by atoms with Gasteiger partial charge in [0, 0.05) is 24.5 Å². The average molecular weight is 249 g/mol. The molecule has 5 nitrogen and oxygen atoms in total. The van der Waals surface area contributed by atoms with Gasteiger partial charge in [-0.25, -0.2) is 14.8 Å². The summed E-state index contributed by atoms with van der Waals surface area (Å²) in [6, 6.07) is 3.41. The van der Waals surface area contributed by atoms with Crippen molar-refractivity contribution in [3.63, 3.8) is 0 Å². The lowest BCUT2D eigenvalue weighted by Gasteiger charge is -2.07. The summed E-state index contributed by atoms with van der Waals surface area (Å²) in [5.41, 5.74) is 3.37. The van der Waals surface area contributed by atoms with Gasteiger partial charge in [0.15, 0.2) is 5.69 Å². The summed E-state index contributed by atoms with van der Waals surface area (Å²) in [6.45, 7) is 0.635. The maximum absolute atomic E-state index is 10.9. The number of carbonyl (C=O) groups is 1. The van der Waals surface area contributed by atoms with Crippen molar-refractivity contribution in [1.29, 1.82) is 0 Å². The van der Waals surface area contributed by atoms with Crippen LogP contribution in [-0.4, -0.2) is 27.6 Å². The Labute approximate surface area is 102 Å². The number of anilines is 1. The molecular weight excluding hydrogens is 238 g/mol. The predicted molar refractivity (Wildman–Crippen MR) is 65.5 cm³/mol. The Balaban J connectivity index is 1.97. The van der Waals surface area contributed by atoms with Crippen molar-refractivity contribution in [2.75, 3.05) is 11.9 Å². The quantitative estimate of drug-likeness (QED) is 0.846. The van der Waals surface area contributed by atoms with E-state index >= 15 is 0 Å². The molecule has 0 saturated heterocycles. The van der Waals surface area contributed by atoms with E-state index in [1.807, 2.05) is 5.38 Å². The van der Waals surface area contributed by atoms with Crippen LogP contribution in [0.1, 0.15) is 16.2 Å². The molecule has 88 valence electrons. The van der Waals surface area contributed by atoms with Crippen molar-refractivity contribution in [2.45, 2.75) is 6.42 Å². The monoisotopic (exact) mass is 249 g/mol. The number of carboxylic acids is 1. The van der Waals surface area contributed by atoms with Gasteiger partial charge in [0.2, 0.25) is 0 Å². The molecule has 0 bridgehead atoms. The summed E-state index contributed by atoms with van der Waals surface area (Å²) >= 11 is 1.55. The molecule has 2 rings (SSSR count). The van der Waals surface area contributed by atoms with Gasteiger partial charge in [0.1, 0.15) is 0 Å². The van der Waals surface area contributed by atoms with Crippen molar-refractivity contribution in [3.8, 4) is 0 Å². The van der Waals surface area contributed by atoms with Crippen LogP contribution in [0.5, 0.6) is 0 Å². The molecule has 0 fully saturated rings. The maximum atomic E-state index is 10.9. The average Bonchev–Trinajstić information content (AvgIpc) is 2.82. The van der Waals surface area contributed by atoms with Gasteiger partial charge in [-0.15, -0.1) is 11.3 Å². The second-order valence-corrected chi connectivity index (χ2v) is 4.08. The fourth-order valence-electron chi connectivity index (χ4n) is 1.40. The molecule has 0 unspecified atom stereocenters. The second-order valence-electron chi connectivity index (χ2n) is 3.36. The molecule has 2 aromatic rings. The van der Waals surface area contributed by atoms with Gasteiger partial charge in [0.05, 0.1) is 16.9 Å². The molecule has 17 heavy (non-hydrogen) atoms. The van der Waals surface area contributed by atoms with Crippen molar-refractivity contribution in [3.05, 3.63) is 40.6 Å². The van der Waals surface area contributed by atoms with Crippen molar-refractivity contribution < 1.29 is 9.90 Å². The summed E-state index contributed by atoms with van der Waals surface area (Å²) in [6.07, 6.45) is 2.23. The van der Waals surface area contributed by atoms with Crippen LogP contribution < -0.4 is 5.32 Å². The molecule has 0 radical (unpaired) electrons. The van der Waals surface area contributed by atoms with Crippen LogP contribution in [-0.2, 0) is 6.42 Å². The van der Waals surface area contributed by atoms with Crippen LogP contribution in [0, 0.1) is 0 Å². The van der Waals surface area contributed by atoms with Crippen molar-refractivity contribution >= 4 is 23.0 Å². The van der Waals surface area contributed by atoms with Crippen LogP contribution in [0.2, 0.25) is 0 Å². The fraction of sp³-hybridized carbons (Fsp3) is 0.182. The smallest absolute Gasteiger partial charge is 0.356 e. The Hall–Kier alpha value is -1.95. The number of aromatic carboxylic acids is 1. The number of nitrogens with zero attached hydrogens (tertiary/aromatic N) is 2. The van der Waals surface area contributed by atoms with Crippen LogP contribution >= 0.6 is 11.3 Å². The van der Waals surface area contributed by atoms with Crippen LogP contribution in [0.4, 0.5) is 5.69 Å². The van der Waals surface area contributed by atoms with E-state index in [1.54, 1.807) is 29.0 Å². The van der Waals surface area contributed by atoms with Gasteiger partial charge in [-0.3, -0.25) is 0 Å². The first-order chi connectivity index (χ1) is 8.27. The molecule has 6 heteroatoms. The molecule has 2 aromatic heterocycles. The number of nitrogens with one attached hydrogen (secondary N) is 1. The highest BCUT2D eigenvalue weighted by atomic mass is 32.1. The Morgan fingerprint density at radius 3 is 3.06 bits per heavy atom. The van der Waals surface area contributed by atoms with Gasteiger partial charge < -0.3 is 10.4 Å². The minimum Gasteiger partial charge on any atom is -0.476 e. The first-order valence-corrected chi connectivity index (χ1v) is 6.01. The summed E-state index contributed by atoms with van der Waals surface area (Å²) in [7, 11) is 0. The first-order valence-electron chi connectivity index (χ1n) is 5.06. The molecular formula is C11H11N3O2S. The van der Waals surface area contributed by atoms with Gasteiger partial charge >= 0.3 is 5.97 Å². The van der Waals surface area contributed by atoms with Crippen LogP contribution in [0.3, 0.4) is 0 Å². The van der Waals surface area contributed by atoms with E-state index in [2.05, 4.69) is 15.3 Å². The molecule has 0 atom stereocenters. The highest BCUT2D eigenvalue weighted by Gasteiger charge is 2.10. The number of thiazole rings is 1. The molecule has 0 saturated carbocycles. The second kappa shape index (κ2) is 5.40. The zero-order chi connectivity index (χ0) is 12.1. The van der Waals surface area contributed by atoms with E-state index in [0.29, 0.717) is 12.2 Å². The normalized spacial score (nSPS) is 10.1. The maximum Gasteiger partial charge on any atom is 0.356 e. The Kier molecular flexibility index (Phi) is 3.66. The Bertz CT molecular complexity index is 499. The minimum atomic E-state index is -1.03. The van der Waals surface area contributed by atoms with E-state index in [0.717, 1.165) is 12.1 Å². The number of hydrogen-bond donors (Lipinski definition) is 2. The largest absolute Gasteiger partial charge is 0.476 e. The van der Waals surface area contributed by atoms with Gasteiger partial charge in [0.25, 0.3) is 0 Å². The molecule has 0 spiro atoms. The first kappa shape index (κ1) is 11.5. The summed E-state index contributed by atoms with van der Waals surface area (Å²) < 4.78 is 0. The fourth-order valence-corrected chi connectivity index (χ4v) is 2.00. The zero-order valence-corrected chi connectivity index (χ0v) is 9.78. The number of pyridine rings is 1. The van der Waals surface area contributed by atoms with Gasteiger partial charge in [-0.2, -0.15) is 0 Å². The summed E-state index contributed by atoms with van der Waals surface area (Å²) in [5.74, 6) is -1.03. The molecule has 0 aliphatic rings. The zero-order valence-electron chi connectivity index (χ0n) is 8.96. The molecule has 0 aromatic carbocycles. The number of rotatable bonds is 5. The topological polar surface area (TPSA) is 75.1 Å². The number of carboxylic acid groups (broad SMARTS) is 1. The van der Waals surface area contributed by atoms with E-state index < -0.39 is 5.97 Å². The number of hydrogen-bond acceptors (Lipinski definition) is 5. The summed E-state index contributed by atoms with van der Waals surface area (Å²) in [5, 5.41) is 14.0. The Morgan fingerprint density at radius 1 is 1.47 bits per heavy atom. The standard InChI is InChI=1S/C11H11N3O2S/c15-11(16)10-9(2-1-4-13-10)12-5-3-8-6-17-7-14-8/h1-2,4,6-7,12H,3,5H2,(H,15,16). The van der Waals surface area contributed by atoms with Gasteiger partial charge in [-0.05, 0) is 12.1 Å². The SMILES string of the molecule is O=C(O)c1ncccc1NCCc1cscn1. The van der Waals surface area contributed by atoms with E-state index in [1.165, 1.54) is 6.20 Å². The molecule has 0 aliphatic heterocycles. The minimum absolute atomic E-state index is 0.0470. The van der Waals surface area contributed by atoms with Crippen molar-refractivity contribution in [1.82, 2.24) is 9.97 Å². The predicted octanol–water partition coefficient (Wildman–Crippen LogP) is 1.89.